The van der Waals surface area contributed by atoms with Crippen molar-refractivity contribution in [2.24, 2.45) is 5.92 Å². The van der Waals surface area contributed by atoms with Crippen LogP contribution in [0.1, 0.15) is 56.0 Å². The number of carbonyl (C=O) groups is 1. The number of hydrogen-bond acceptors (Lipinski definition) is 3. The zero-order valence-electron chi connectivity index (χ0n) is 11.3. The molecular weight excluding hydrogens is 228 g/mol. The van der Waals surface area contributed by atoms with Gasteiger partial charge >= 0.3 is 0 Å². The summed E-state index contributed by atoms with van der Waals surface area (Å²) in [6.07, 6.45) is 5.41. The number of rotatable bonds is 3. The van der Waals surface area contributed by atoms with Crippen molar-refractivity contribution in [3.05, 3.63) is 11.6 Å². The number of amides is 1. The Morgan fingerprint density at radius 2 is 2.22 bits per heavy atom. The second kappa shape index (κ2) is 5.98. The molecule has 1 aliphatic rings. The molecule has 18 heavy (non-hydrogen) atoms. The second-order valence-corrected chi connectivity index (χ2v) is 4.96. The number of aromatic nitrogens is 3. The van der Waals surface area contributed by atoms with Gasteiger partial charge in [0.2, 0.25) is 5.82 Å². The van der Waals surface area contributed by atoms with Gasteiger partial charge in [0.1, 0.15) is 5.82 Å². The van der Waals surface area contributed by atoms with E-state index in [1.165, 1.54) is 12.8 Å². The van der Waals surface area contributed by atoms with Crippen molar-refractivity contribution < 1.29 is 4.79 Å². The molecule has 0 aliphatic carbocycles. The van der Waals surface area contributed by atoms with Gasteiger partial charge in [-0.1, -0.05) is 20.3 Å². The van der Waals surface area contributed by atoms with Crippen LogP contribution in [0.3, 0.4) is 0 Å². The van der Waals surface area contributed by atoms with Crippen LogP contribution in [0.15, 0.2) is 0 Å². The van der Waals surface area contributed by atoms with E-state index in [2.05, 4.69) is 22.1 Å². The zero-order valence-corrected chi connectivity index (χ0v) is 11.3. The summed E-state index contributed by atoms with van der Waals surface area (Å²) in [6, 6.07) is 0. The largest absolute Gasteiger partial charge is 0.336 e. The SMILES string of the molecule is CCc1nc(C(=O)N2CCCC(CC)CC2)n[nH]1. The predicted octanol–water partition coefficient (Wildman–Crippen LogP) is 2.02. The van der Waals surface area contributed by atoms with E-state index in [1.807, 2.05) is 11.8 Å². The lowest BCUT2D eigenvalue weighted by Gasteiger charge is -2.18. The molecule has 2 heterocycles. The van der Waals surface area contributed by atoms with E-state index in [1.54, 1.807) is 0 Å². The lowest BCUT2D eigenvalue weighted by Crippen LogP contribution is -2.32. The molecule has 2 rings (SSSR count). The fraction of sp³-hybridized carbons (Fsp3) is 0.769. The van der Waals surface area contributed by atoms with E-state index in [0.29, 0.717) is 5.82 Å². The van der Waals surface area contributed by atoms with Gasteiger partial charge in [-0.15, -0.1) is 5.10 Å². The van der Waals surface area contributed by atoms with Crippen molar-refractivity contribution in [2.75, 3.05) is 13.1 Å². The first-order valence-corrected chi connectivity index (χ1v) is 6.95. The Hall–Kier alpha value is -1.39. The Kier molecular flexibility index (Phi) is 4.33. The summed E-state index contributed by atoms with van der Waals surface area (Å²) in [6.45, 7) is 5.90. The third kappa shape index (κ3) is 2.89. The molecule has 0 bridgehead atoms. The van der Waals surface area contributed by atoms with Crippen LogP contribution < -0.4 is 0 Å². The van der Waals surface area contributed by atoms with Gasteiger partial charge in [0.15, 0.2) is 0 Å². The Morgan fingerprint density at radius 1 is 1.39 bits per heavy atom. The summed E-state index contributed by atoms with van der Waals surface area (Å²) in [5, 5.41) is 6.81. The smallest absolute Gasteiger partial charge is 0.293 e. The van der Waals surface area contributed by atoms with Crippen molar-refractivity contribution in [3.63, 3.8) is 0 Å². The highest BCUT2D eigenvalue weighted by molar-refractivity contribution is 5.90. The highest BCUT2D eigenvalue weighted by atomic mass is 16.2. The summed E-state index contributed by atoms with van der Waals surface area (Å²) < 4.78 is 0. The Labute approximate surface area is 108 Å². The van der Waals surface area contributed by atoms with Crippen LogP contribution >= 0.6 is 0 Å². The second-order valence-electron chi connectivity index (χ2n) is 4.96. The molecular formula is C13H22N4O. The summed E-state index contributed by atoms with van der Waals surface area (Å²) >= 11 is 0. The molecule has 1 amide bonds. The highest BCUT2D eigenvalue weighted by Gasteiger charge is 2.23. The van der Waals surface area contributed by atoms with Gasteiger partial charge in [0.05, 0.1) is 0 Å². The lowest BCUT2D eigenvalue weighted by molar-refractivity contribution is 0.0748. The molecule has 0 saturated carbocycles. The monoisotopic (exact) mass is 250 g/mol. The number of likely N-dealkylation sites (tertiary alicyclic amines) is 1. The normalized spacial score (nSPS) is 20.8. The number of carbonyl (C=O) groups excluding carboxylic acids is 1. The molecule has 5 heteroatoms. The standard InChI is InChI=1S/C13H22N4O/c1-3-10-6-5-8-17(9-7-10)13(18)12-14-11(4-2)15-16-12/h10H,3-9H2,1-2H3,(H,14,15,16). The number of aromatic amines is 1. The summed E-state index contributed by atoms with van der Waals surface area (Å²) in [4.78, 5) is 18.4. The maximum Gasteiger partial charge on any atom is 0.293 e. The Balaban J connectivity index is 2.00. The van der Waals surface area contributed by atoms with Crippen molar-refractivity contribution in [2.45, 2.75) is 46.0 Å². The fourth-order valence-corrected chi connectivity index (χ4v) is 2.47. The first-order valence-electron chi connectivity index (χ1n) is 6.95. The quantitative estimate of drug-likeness (QED) is 0.892. The minimum absolute atomic E-state index is 0.0253. The predicted molar refractivity (Wildman–Crippen MR) is 69.3 cm³/mol. The van der Waals surface area contributed by atoms with Crippen molar-refractivity contribution in [1.82, 2.24) is 20.1 Å². The minimum atomic E-state index is -0.0253. The van der Waals surface area contributed by atoms with Crippen molar-refractivity contribution in [1.29, 1.82) is 0 Å². The van der Waals surface area contributed by atoms with Crippen LogP contribution in [0, 0.1) is 5.92 Å². The maximum atomic E-state index is 12.3. The third-order valence-electron chi connectivity index (χ3n) is 3.77. The minimum Gasteiger partial charge on any atom is -0.336 e. The third-order valence-corrected chi connectivity index (χ3v) is 3.77. The number of nitrogens with zero attached hydrogens (tertiary/aromatic N) is 3. The van der Waals surface area contributed by atoms with Crippen molar-refractivity contribution in [3.8, 4) is 0 Å². The van der Waals surface area contributed by atoms with Crippen LogP contribution in [-0.4, -0.2) is 39.1 Å². The summed E-state index contributed by atoms with van der Waals surface area (Å²) in [5.41, 5.74) is 0. The van der Waals surface area contributed by atoms with Gasteiger partial charge in [0.25, 0.3) is 5.91 Å². The first kappa shape index (κ1) is 13.1. The van der Waals surface area contributed by atoms with E-state index in [4.69, 9.17) is 0 Å². The molecule has 100 valence electrons. The van der Waals surface area contributed by atoms with Gasteiger partial charge in [-0.3, -0.25) is 9.89 Å². The average molecular weight is 250 g/mol. The van der Waals surface area contributed by atoms with Gasteiger partial charge < -0.3 is 4.90 Å². The first-order chi connectivity index (χ1) is 8.74. The molecule has 0 spiro atoms. The van der Waals surface area contributed by atoms with Crippen LogP contribution in [0.2, 0.25) is 0 Å². The molecule has 1 saturated heterocycles. The maximum absolute atomic E-state index is 12.3. The van der Waals surface area contributed by atoms with E-state index >= 15 is 0 Å². The summed E-state index contributed by atoms with van der Waals surface area (Å²) in [5.74, 6) is 1.84. The molecule has 1 fully saturated rings. The van der Waals surface area contributed by atoms with Crippen molar-refractivity contribution >= 4 is 5.91 Å². The molecule has 0 aromatic carbocycles. The van der Waals surface area contributed by atoms with E-state index in [0.717, 1.165) is 44.1 Å². The molecule has 0 radical (unpaired) electrons. The molecule has 1 aromatic rings. The van der Waals surface area contributed by atoms with Gasteiger partial charge in [0, 0.05) is 19.5 Å². The van der Waals surface area contributed by atoms with E-state index in [-0.39, 0.29) is 5.91 Å². The summed E-state index contributed by atoms with van der Waals surface area (Å²) in [7, 11) is 0. The van der Waals surface area contributed by atoms with Gasteiger partial charge in [-0.25, -0.2) is 4.98 Å². The fourth-order valence-electron chi connectivity index (χ4n) is 2.47. The molecule has 1 aromatic heterocycles. The number of nitrogens with one attached hydrogen (secondary N) is 1. The van der Waals surface area contributed by atoms with Crippen LogP contribution in [0.4, 0.5) is 0 Å². The zero-order chi connectivity index (χ0) is 13.0. The van der Waals surface area contributed by atoms with Crippen LogP contribution in [0.25, 0.3) is 0 Å². The molecule has 1 aliphatic heterocycles. The van der Waals surface area contributed by atoms with Gasteiger partial charge in [-0.2, -0.15) is 0 Å². The molecule has 5 nitrogen and oxygen atoms in total. The molecule has 1 atom stereocenters. The number of H-pyrrole nitrogens is 1. The van der Waals surface area contributed by atoms with Gasteiger partial charge in [-0.05, 0) is 25.2 Å². The average Bonchev–Trinajstić information content (AvgIpc) is 2.75. The van der Waals surface area contributed by atoms with E-state index < -0.39 is 0 Å². The molecule has 1 unspecified atom stereocenters. The lowest BCUT2D eigenvalue weighted by atomic mass is 9.98. The van der Waals surface area contributed by atoms with Crippen LogP contribution in [0.5, 0.6) is 0 Å². The topological polar surface area (TPSA) is 61.9 Å². The van der Waals surface area contributed by atoms with E-state index in [9.17, 15) is 4.79 Å². The molecule has 1 N–H and O–H groups in total. The Morgan fingerprint density at radius 3 is 2.89 bits per heavy atom. The Bertz CT molecular complexity index is 401. The number of hydrogen-bond donors (Lipinski definition) is 1. The number of aryl methyl sites for hydroxylation is 1. The van der Waals surface area contributed by atoms with Crippen LogP contribution in [-0.2, 0) is 6.42 Å². The highest BCUT2D eigenvalue weighted by Crippen LogP contribution is 2.20.